The number of hydrogen-bond donors (Lipinski definition) is 1. The fourth-order valence-electron chi connectivity index (χ4n) is 3.79. The molecule has 1 N–H and O–H groups in total. The molecule has 8 nitrogen and oxygen atoms in total. The molecule has 0 amide bonds. The number of nitrogens with zero attached hydrogens (tertiary/aromatic N) is 3. The molecule has 192 valence electrons. The van der Waals surface area contributed by atoms with Gasteiger partial charge in [-0.1, -0.05) is 35.9 Å². The third kappa shape index (κ3) is 5.87. The Hall–Kier alpha value is -4.56. The van der Waals surface area contributed by atoms with Gasteiger partial charge in [0.15, 0.2) is 0 Å². The highest BCUT2D eigenvalue weighted by molar-refractivity contribution is 6.30. The molecule has 38 heavy (non-hydrogen) atoms. The molecule has 5 aromatic rings. The second-order valence-electron chi connectivity index (χ2n) is 8.58. The number of hydrogen-bond acceptors (Lipinski definition) is 7. The zero-order valence-electron chi connectivity index (χ0n) is 20.8. The molecular formula is C29H25ClN4O4. The molecule has 0 saturated carbocycles. The van der Waals surface area contributed by atoms with Gasteiger partial charge in [-0.2, -0.15) is 0 Å². The highest BCUT2D eigenvalue weighted by Crippen LogP contribution is 2.22. The van der Waals surface area contributed by atoms with Gasteiger partial charge in [-0.3, -0.25) is 9.36 Å². The third-order valence-electron chi connectivity index (χ3n) is 5.83. The van der Waals surface area contributed by atoms with Crippen LogP contribution in [-0.2, 0) is 13.2 Å². The summed E-state index contributed by atoms with van der Waals surface area (Å²) >= 11 is 6.05. The molecule has 9 heteroatoms. The fourth-order valence-corrected chi connectivity index (χ4v) is 3.91. The summed E-state index contributed by atoms with van der Waals surface area (Å²) in [5.41, 5.74) is 2.67. The van der Waals surface area contributed by atoms with E-state index in [1.807, 2.05) is 60.7 Å². The van der Waals surface area contributed by atoms with Crippen molar-refractivity contribution in [1.29, 1.82) is 0 Å². The first kappa shape index (κ1) is 25.1. The zero-order chi connectivity index (χ0) is 26.5. The van der Waals surface area contributed by atoms with E-state index in [4.69, 9.17) is 25.5 Å². The van der Waals surface area contributed by atoms with Crippen LogP contribution < -0.4 is 20.3 Å². The molecule has 0 bridgehead atoms. The molecule has 2 aromatic heterocycles. The number of aromatic nitrogens is 3. The van der Waals surface area contributed by atoms with Crippen LogP contribution in [0.5, 0.6) is 11.5 Å². The number of rotatable bonds is 9. The van der Waals surface area contributed by atoms with E-state index >= 15 is 0 Å². The lowest BCUT2D eigenvalue weighted by Crippen LogP contribution is -2.26. The normalized spacial score (nSPS) is 10.8. The number of oxazole rings is 1. The minimum Gasteiger partial charge on any atom is -0.497 e. The molecular weight excluding hydrogens is 504 g/mol. The van der Waals surface area contributed by atoms with E-state index in [1.165, 1.54) is 6.20 Å². The largest absolute Gasteiger partial charge is 0.497 e. The van der Waals surface area contributed by atoms with E-state index in [0.717, 1.165) is 22.6 Å². The van der Waals surface area contributed by atoms with Crippen LogP contribution in [0.25, 0.3) is 11.5 Å². The van der Waals surface area contributed by atoms with Gasteiger partial charge in [-0.15, -0.1) is 0 Å². The Labute approximate surface area is 224 Å². The van der Waals surface area contributed by atoms with E-state index in [0.29, 0.717) is 29.1 Å². The molecule has 0 spiro atoms. The molecule has 5 rings (SSSR count). The predicted molar refractivity (Wildman–Crippen MR) is 146 cm³/mol. The summed E-state index contributed by atoms with van der Waals surface area (Å²) in [6.07, 6.45) is 3.05. The fraction of sp³-hybridized carbons (Fsp3) is 0.138. The number of halogens is 1. The van der Waals surface area contributed by atoms with Crippen LogP contribution >= 0.6 is 11.6 Å². The lowest BCUT2D eigenvalue weighted by molar-refractivity contribution is 0.306. The van der Waals surface area contributed by atoms with Crippen LogP contribution in [0.1, 0.15) is 16.9 Å². The summed E-state index contributed by atoms with van der Waals surface area (Å²) in [4.78, 5) is 22.2. The van der Waals surface area contributed by atoms with Crippen molar-refractivity contribution >= 4 is 23.2 Å². The summed E-state index contributed by atoms with van der Waals surface area (Å²) in [7, 11) is 1.64. The highest BCUT2D eigenvalue weighted by Gasteiger charge is 2.16. The van der Waals surface area contributed by atoms with Crippen LogP contribution in [0.4, 0.5) is 11.6 Å². The summed E-state index contributed by atoms with van der Waals surface area (Å²) in [6, 6.07) is 22.5. The van der Waals surface area contributed by atoms with Crippen molar-refractivity contribution in [2.75, 3.05) is 12.4 Å². The summed E-state index contributed by atoms with van der Waals surface area (Å²) in [5.74, 6) is 2.74. The average Bonchev–Trinajstić information content (AvgIpc) is 3.37. The summed E-state index contributed by atoms with van der Waals surface area (Å²) < 4.78 is 18.2. The smallest absolute Gasteiger partial charge is 0.267 e. The number of nitrogens with one attached hydrogen (secondary N) is 1. The Morgan fingerprint density at radius 3 is 2.24 bits per heavy atom. The van der Waals surface area contributed by atoms with Crippen molar-refractivity contribution in [3.05, 3.63) is 117 Å². The van der Waals surface area contributed by atoms with Crippen molar-refractivity contribution < 1.29 is 13.9 Å². The van der Waals surface area contributed by atoms with Crippen molar-refractivity contribution in [3.63, 3.8) is 0 Å². The maximum atomic E-state index is 13.5. The number of anilines is 2. The van der Waals surface area contributed by atoms with Gasteiger partial charge in [0, 0.05) is 16.9 Å². The molecule has 3 aromatic carbocycles. The van der Waals surface area contributed by atoms with E-state index in [-0.39, 0.29) is 23.6 Å². The Kier molecular flexibility index (Phi) is 7.42. The molecule has 0 aliphatic heterocycles. The minimum atomic E-state index is -0.279. The second kappa shape index (κ2) is 11.2. The van der Waals surface area contributed by atoms with E-state index in [9.17, 15) is 4.79 Å². The molecule has 0 fully saturated rings. The van der Waals surface area contributed by atoms with Crippen molar-refractivity contribution in [1.82, 2.24) is 14.5 Å². The molecule has 0 aliphatic carbocycles. The summed E-state index contributed by atoms with van der Waals surface area (Å²) in [6.45, 7) is 2.49. The van der Waals surface area contributed by atoms with E-state index < -0.39 is 0 Å². The number of benzene rings is 3. The van der Waals surface area contributed by atoms with Crippen molar-refractivity contribution in [3.8, 4) is 23.0 Å². The maximum Gasteiger partial charge on any atom is 0.267 e. The van der Waals surface area contributed by atoms with Crippen LogP contribution in [0.3, 0.4) is 0 Å². The van der Waals surface area contributed by atoms with Gasteiger partial charge in [-0.25, -0.2) is 9.97 Å². The Morgan fingerprint density at radius 2 is 1.58 bits per heavy atom. The van der Waals surface area contributed by atoms with Gasteiger partial charge in [0.1, 0.15) is 29.4 Å². The van der Waals surface area contributed by atoms with Gasteiger partial charge >= 0.3 is 0 Å². The molecule has 2 heterocycles. The molecule has 0 atom stereocenters. The second-order valence-corrected chi connectivity index (χ2v) is 9.01. The molecule has 0 saturated heterocycles. The van der Waals surface area contributed by atoms with Gasteiger partial charge in [0.25, 0.3) is 5.56 Å². The number of aryl methyl sites for hydroxylation is 1. The lowest BCUT2D eigenvalue weighted by Gasteiger charge is -2.15. The molecule has 0 aliphatic rings. The van der Waals surface area contributed by atoms with Gasteiger partial charge in [-0.05, 0) is 66.6 Å². The average molecular weight is 529 g/mol. The first-order valence-corrected chi connectivity index (χ1v) is 12.3. The third-order valence-corrected chi connectivity index (χ3v) is 6.08. The van der Waals surface area contributed by atoms with Crippen LogP contribution in [0.2, 0.25) is 5.02 Å². The number of methoxy groups -OCH3 is 1. The van der Waals surface area contributed by atoms with Crippen LogP contribution in [-0.4, -0.2) is 21.6 Å². The monoisotopic (exact) mass is 528 g/mol. The van der Waals surface area contributed by atoms with Crippen molar-refractivity contribution in [2.24, 2.45) is 0 Å². The maximum absolute atomic E-state index is 13.5. The van der Waals surface area contributed by atoms with Crippen LogP contribution in [0.15, 0.2) is 94.4 Å². The quantitative estimate of drug-likeness (QED) is 0.242. The lowest BCUT2D eigenvalue weighted by atomic mass is 10.2. The minimum absolute atomic E-state index is 0.231. The van der Waals surface area contributed by atoms with Gasteiger partial charge in [0.05, 0.1) is 19.9 Å². The SMILES string of the molecule is COc1ccc(COc2ccc(Nc3ncc(-c4ncc(C)o4)c(=O)n3Cc3ccc(Cl)cc3)cc2)cc1. The Morgan fingerprint density at radius 1 is 0.895 bits per heavy atom. The molecule has 0 unspecified atom stereocenters. The first-order chi connectivity index (χ1) is 18.5. The van der Waals surface area contributed by atoms with E-state index in [1.54, 1.807) is 36.9 Å². The Bertz CT molecular complexity index is 1580. The molecule has 0 radical (unpaired) electrons. The number of ether oxygens (including phenoxy) is 2. The predicted octanol–water partition coefficient (Wildman–Crippen LogP) is 6.24. The topological polar surface area (TPSA) is 91.4 Å². The van der Waals surface area contributed by atoms with Crippen molar-refractivity contribution in [2.45, 2.75) is 20.1 Å². The zero-order valence-corrected chi connectivity index (χ0v) is 21.6. The first-order valence-electron chi connectivity index (χ1n) is 11.9. The van der Waals surface area contributed by atoms with Gasteiger partial charge < -0.3 is 19.2 Å². The summed E-state index contributed by atoms with van der Waals surface area (Å²) in [5, 5.41) is 3.87. The standard InChI is InChI=1S/C29H25ClN4O4/c1-19-15-31-27(38-19)26-16-32-29(34(28(26)35)17-20-3-7-22(30)8-4-20)33-23-9-13-25(14-10-23)37-18-21-5-11-24(36-2)12-6-21/h3-16H,17-18H2,1-2H3,(H,32,33). The Balaban J connectivity index is 1.37. The van der Waals surface area contributed by atoms with Gasteiger partial charge in [0.2, 0.25) is 11.8 Å². The van der Waals surface area contributed by atoms with Crippen LogP contribution in [0, 0.1) is 6.92 Å². The highest BCUT2D eigenvalue weighted by atomic mass is 35.5. The van der Waals surface area contributed by atoms with E-state index in [2.05, 4.69) is 15.3 Å².